The number of aliphatic hydroxyl groups excluding tert-OH is 2. The van der Waals surface area contributed by atoms with Gasteiger partial charge in [-0.15, -0.1) is 0 Å². The number of hydrogen-bond donors (Lipinski definition) is 4. The van der Waals surface area contributed by atoms with Gasteiger partial charge in [0.15, 0.2) is 12.6 Å². The van der Waals surface area contributed by atoms with E-state index >= 15 is 0 Å². The van der Waals surface area contributed by atoms with E-state index in [4.69, 9.17) is 18.9 Å². The molecule has 0 bridgehead atoms. The number of benzene rings is 2. The lowest BCUT2D eigenvalue weighted by Gasteiger charge is -2.37. The number of phenolic OH excluding ortho intramolecular Hbond substituents is 2. The minimum absolute atomic E-state index is 0.0259. The molecule has 4 N–H and O–H groups in total. The summed E-state index contributed by atoms with van der Waals surface area (Å²) in [4.78, 5) is 0. The number of ether oxygens (including phenoxy) is 4. The second-order valence-electron chi connectivity index (χ2n) is 6.81. The summed E-state index contributed by atoms with van der Waals surface area (Å²) in [5.74, 6) is 0.248. The first kappa shape index (κ1) is 19.1. The number of phenols is 2. The van der Waals surface area contributed by atoms with Crippen LogP contribution in [0.5, 0.6) is 11.5 Å². The van der Waals surface area contributed by atoms with Gasteiger partial charge in [0.25, 0.3) is 0 Å². The van der Waals surface area contributed by atoms with Crippen molar-refractivity contribution in [3.05, 3.63) is 59.7 Å². The minimum atomic E-state index is -0.963. The van der Waals surface area contributed by atoms with Gasteiger partial charge in [0.1, 0.15) is 35.9 Å². The summed E-state index contributed by atoms with van der Waals surface area (Å²) in [5, 5.41) is 39.0. The standard InChI is InChI=1S/C20H22O8/c21-9-16-18(28-20(26-16)12-3-7-14(23)8-4-12)17-15(24)10-25-19(27-17)11-1-5-13(22)6-2-11/h1-8,15-24H,9-10H2/t15-,16+,17+,18+,19?,20?/m0/s1. The van der Waals surface area contributed by atoms with Crippen molar-refractivity contribution < 1.29 is 39.4 Å². The highest BCUT2D eigenvalue weighted by molar-refractivity contribution is 5.28. The zero-order chi connectivity index (χ0) is 19.7. The van der Waals surface area contributed by atoms with Gasteiger partial charge in [0, 0.05) is 11.1 Å². The first-order chi connectivity index (χ1) is 13.5. The first-order valence-electron chi connectivity index (χ1n) is 9.00. The van der Waals surface area contributed by atoms with Crippen molar-refractivity contribution >= 4 is 0 Å². The van der Waals surface area contributed by atoms with Gasteiger partial charge in [-0.2, -0.15) is 0 Å². The van der Waals surface area contributed by atoms with Crippen LogP contribution in [0.3, 0.4) is 0 Å². The SMILES string of the molecule is OC[C@H]1OC(c2ccc(O)cc2)O[C@H]1[C@@H]1OC(c2ccc(O)cc2)OC[C@@H]1O. The Morgan fingerprint density at radius 3 is 1.86 bits per heavy atom. The number of aliphatic hydroxyl groups is 2. The highest BCUT2D eigenvalue weighted by Gasteiger charge is 2.47. The van der Waals surface area contributed by atoms with Crippen LogP contribution in [0.1, 0.15) is 23.7 Å². The van der Waals surface area contributed by atoms with Gasteiger partial charge in [-0.25, -0.2) is 0 Å². The third-order valence-corrected chi connectivity index (χ3v) is 4.86. The van der Waals surface area contributed by atoms with Crippen LogP contribution in [-0.4, -0.2) is 58.1 Å². The average molecular weight is 390 g/mol. The molecule has 2 aromatic carbocycles. The van der Waals surface area contributed by atoms with Crippen molar-refractivity contribution in [1.82, 2.24) is 0 Å². The molecule has 2 heterocycles. The fourth-order valence-corrected chi connectivity index (χ4v) is 3.38. The molecule has 4 rings (SSSR count). The Balaban J connectivity index is 1.51. The molecular weight excluding hydrogens is 368 g/mol. The Kier molecular flexibility index (Phi) is 5.49. The number of aromatic hydroxyl groups is 2. The quantitative estimate of drug-likeness (QED) is 0.618. The van der Waals surface area contributed by atoms with Gasteiger partial charge < -0.3 is 39.4 Å². The molecule has 8 heteroatoms. The van der Waals surface area contributed by atoms with E-state index in [2.05, 4.69) is 0 Å². The summed E-state index contributed by atoms with van der Waals surface area (Å²) in [6.07, 6.45) is -4.67. The summed E-state index contributed by atoms with van der Waals surface area (Å²) >= 11 is 0. The highest BCUT2D eigenvalue weighted by Crippen LogP contribution is 2.38. The smallest absolute Gasteiger partial charge is 0.184 e. The Hall–Kier alpha value is -2.20. The molecule has 2 aliphatic rings. The molecule has 2 aromatic rings. The summed E-state index contributed by atoms with van der Waals surface area (Å²) in [6, 6.07) is 12.7. The fraction of sp³-hybridized carbons (Fsp3) is 0.400. The van der Waals surface area contributed by atoms with Crippen molar-refractivity contribution in [2.24, 2.45) is 0 Å². The van der Waals surface area contributed by atoms with Crippen molar-refractivity contribution in [2.45, 2.75) is 37.0 Å². The van der Waals surface area contributed by atoms with Crippen LogP contribution in [-0.2, 0) is 18.9 Å². The zero-order valence-electron chi connectivity index (χ0n) is 14.9. The van der Waals surface area contributed by atoms with Gasteiger partial charge in [-0.3, -0.25) is 0 Å². The number of rotatable bonds is 4. The molecule has 2 unspecified atom stereocenters. The van der Waals surface area contributed by atoms with Crippen molar-refractivity contribution in [3.8, 4) is 11.5 Å². The van der Waals surface area contributed by atoms with E-state index in [1.807, 2.05) is 0 Å². The molecule has 0 aliphatic carbocycles. The van der Waals surface area contributed by atoms with Gasteiger partial charge >= 0.3 is 0 Å². The number of hydrogen-bond acceptors (Lipinski definition) is 8. The van der Waals surface area contributed by atoms with Crippen LogP contribution < -0.4 is 0 Å². The molecule has 2 aliphatic heterocycles. The Morgan fingerprint density at radius 1 is 0.750 bits per heavy atom. The van der Waals surface area contributed by atoms with Crippen LogP contribution in [0.15, 0.2) is 48.5 Å². The molecule has 150 valence electrons. The largest absolute Gasteiger partial charge is 0.508 e. The molecule has 0 saturated carbocycles. The van der Waals surface area contributed by atoms with Gasteiger partial charge in [-0.05, 0) is 24.3 Å². The third kappa shape index (κ3) is 3.83. The van der Waals surface area contributed by atoms with E-state index in [1.54, 1.807) is 24.3 Å². The maximum Gasteiger partial charge on any atom is 0.184 e. The van der Waals surface area contributed by atoms with E-state index in [0.717, 1.165) is 0 Å². The summed E-state index contributed by atoms with van der Waals surface area (Å²) in [7, 11) is 0. The molecule has 0 radical (unpaired) electrons. The molecule has 0 amide bonds. The van der Waals surface area contributed by atoms with Gasteiger partial charge in [-0.1, -0.05) is 24.3 Å². The van der Waals surface area contributed by atoms with E-state index in [0.29, 0.717) is 11.1 Å². The average Bonchev–Trinajstić information content (AvgIpc) is 3.14. The predicted molar refractivity (Wildman–Crippen MR) is 95.4 cm³/mol. The molecule has 0 spiro atoms. The monoisotopic (exact) mass is 390 g/mol. The predicted octanol–water partition coefficient (Wildman–Crippen LogP) is 1.35. The van der Waals surface area contributed by atoms with Gasteiger partial charge in [0.05, 0.1) is 13.2 Å². The van der Waals surface area contributed by atoms with E-state index in [1.165, 1.54) is 24.3 Å². The molecule has 0 aromatic heterocycles. The Labute approximate surface area is 161 Å². The lowest BCUT2D eigenvalue weighted by atomic mass is 10.0. The third-order valence-electron chi connectivity index (χ3n) is 4.86. The van der Waals surface area contributed by atoms with Crippen molar-refractivity contribution in [3.63, 3.8) is 0 Å². The fourth-order valence-electron chi connectivity index (χ4n) is 3.38. The highest BCUT2D eigenvalue weighted by atomic mass is 16.8. The van der Waals surface area contributed by atoms with Crippen LogP contribution in [0.4, 0.5) is 0 Å². The topological polar surface area (TPSA) is 118 Å². The van der Waals surface area contributed by atoms with E-state index in [-0.39, 0.29) is 24.7 Å². The first-order valence-corrected chi connectivity index (χ1v) is 9.00. The molecular formula is C20H22O8. The molecule has 8 nitrogen and oxygen atoms in total. The van der Waals surface area contributed by atoms with Crippen LogP contribution in [0.2, 0.25) is 0 Å². The lowest BCUT2D eigenvalue weighted by Crippen LogP contribution is -2.51. The second-order valence-corrected chi connectivity index (χ2v) is 6.81. The maximum atomic E-state index is 10.4. The molecule has 2 fully saturated rings. The van der Waals surface area contributed by atoms with Crippen LogP contribution >= 0.6 is 0 Å². The second kappa shape index (κ2) is 8.04. The van der Waals surface area contributed by atoms with Gasteiger partial charge in [0.2, 0.25) is 0 Å². The minimum Gasteiger partial charge on any atom is -0.508 e. The van der Waals surface area contributed by atoms with E-state index in [9.17, 15) is 20.4 Å². The summed E-state index contributed by atoms with van der Waals surface area (Å²) in [5.41, 5.74) is 1.36. The Morgan fingerprint density at radius 2 is 1.29 bits per heavy atom. The molecule has 28 heavy (non-hydrogen) atoms. The van der Waals surface area contributed by atoms with Crippen molar-refractivity contribution in [1.29, 1.82) is 0 Å². The lowest BCUT2D eigenvalue weighted by molar-refractivity contribution is -0.279. The van der Waals surface area contributed by atoms with Crippen molar-refractivity contribution in [2.75, 3.05) is 13.2 Å². The van der Waals surface area contributed by atoms with Crippen LogP contribution in [0.25, 0.3) is 0 Å². The maximum absolute atomic E-state index is 10.4. The summed E-state index contributed by atoms with van der Waals surface area (Å²) in [6.45, 7) is -0.283. The van der Waals surface area contributed by atoms with E-state index < -0.39 is 37.0 Å². The summed E-state index contributed by atoms with van der Waals surface area (Å²) < 4.78 is 23.2. The Bertz CT molecular complexity index is 734. The zero-order valence-corrected chi connectivity index (χ0v) is 14.9. The van der Waals surface area contributed by atoms with Crippen LogP contribution in [0, 0.1) is 0 Å². The normalized spacial score (nSPS) is 33.1. The molecule has 6 atom stereocenters. The molecule has 2 saturated heterocycles.